The SMILES string of the molecule is Cc1ccc(N(C)S(=O)(=O)c2nnc(NC(=O)c3ccc(F)cc3)s2)cc1. The Balaban J connectivity index is 1.78. The Morgan fingerprint density at radius 3 is 2.33 bits per heavy atom. The summed E-state index contributed by atoms with van der Waals surface area (Å²) in [6, 6.07) is 11.9. The van der Waals surface area contributed by atoms with Crippen LogP contribution in [0, 0.1) is 12.7 Å². The maximum Gasteiger partial charge on any atom is 0.293 e. The van der Waals surface area contributed by atoms with Gasteiger partial charge in [0, 0.05) is 12.6 Å². The Hall–Kier alpha value is -2.85. The molecule has 1 amide bonds. The largest absolute Gasteiger partial charge is 0.296 e. The number of aryl methyl sites for hydroxylation is 1. The molecule has 0 fully saturated rings. The third-order valence-corrected chi connectivity index (χ3v) is 6.68. The van der Waals surface area contributed by atoms with Crippen LogP contribution in [0.2, 0.25) is 0 Å². The molecule has 140 valence electrons. The maximum atomic E-state index is 12.9. The van der Waals surface area contributed by atoms with E-state index >= 15 is 0 Å². The summed E-state index contributed by atoms with van der Waals surface area (Å²) in [6.07, 6.45) is 0. The van der Waals surface area contributed by atoms with E-state index in [-0.39, 0.29) is 15.0 Å². The van der Waals surface area contributed by atoms with Crippen LogP contribution in [0.3, 0.4) is 0 Å². The molecular weight excluding hydrogens is 391 g/mol. The van der Waals surface area contributed by atoms with Gasteiger partial charge in [0.25, 0.3) is 20.3 Å². The van der Waals surface area contributed by atoms with E-state index in [0.29, 0.717) is 5.69 Å². The fourth-order valence-electron chi connectivity index (χ4n) is 2.15. The third-order valence-electron chi connectivity index (χ3n) is 3.71. The summed E-state index contributed by atoms with van der Waals surface area (Å²) in [4.78, 5) is 12.1. The molecule has 0 radical (unpaired) electrons. The number of aromatic nitrogens is 2. The van der Waals surface area contributed by atoms with E-state index in [1.54, 1.807) is 24.3 Å². The van der Waals surface area contributed by atoms with Gasteiger partial charge in [0.2, 0.25) is 5.13 Å². The zero-order chi connectivity index (χ0) is 19.6. The minimum absolute atomic E-state index is 0.0280. The number of benzene rings is 2. The van der Waals surface area contributed by atoms with Gasteiger partial charge in [0.05, 0.1) is 5.69 Å². The minimum atomic E-state index is -3.91. The fraction of sp³-hybridized carbons (Fsp3) is 0.118. The molecule has 3 rings (SSSR count). The van der Waals surface area contributed by atoms with Gasteiger partial charge in [0.15, 0.2) is 0 Å². The zero-order valence-electron chi connectivity index (χ0n) is 14.4. The number of hydrogen-bond acceptors (Lipinski definition) is 6. The lowest BCUT2D eigenvalue weighted by Crippen LogP contribution is -2.26. The molecule has 27 heavy (non-hydrogen) atoms. The Morgan fingerprint density at radius 1 is 1.07 bits per heavy atom. The second-order valence-electron chi connectivity index (χ2n) is 5.64. The van der Waals surface area contributed by atoms with E-state index in [2.05, 4.69) is 15.5 Å². The number of hydrogen-bond donors (Lipinski definition) is 1. The van der Waals surface area contributed by atoms with Crippen molar-refractivity contribution in [3.8, 4) is 0 Å². The van der Waals surface area contributed by atoms with Crippen LogP contribution in [-0.4, -0.2) is 31.6 Å². The molecule has 0 spiro atoms. The van der Waals surface area contributed by atoms with Crippen molar-refractivity contribution in [3.05, 3.63) is 65.5 Å². The number of carbonyl (C=O) groups excluding carboxylic acids is 1. The molecule has 3 aromatic rings. The molecule has 2 aromatic carbocycles. The van der Waals surface area contributed by atoms with E-state index in [4.69, 9.17) is 0 Å². The van der Waals surface area contributed by atoms with Crippen LogP contribution < -0.4 is 9.62 Å². The normalized spacial score (nSPS) is 11.2. The first-order valence-corrected chi connectivity index (χ1v) is 9.99. The summed E-state index contributed by atoms with van der Waals surface area (Å²) in [6.45, 7) is 1.90. The molecule has 0 aliphatic carbocycles. The summed E-state index contributed by atoms with van der Waals surface area (Å²) in [5, 5.41) is 9.87. The standard InChI is InChI=1S/C17H15FN4O3S2/c1-11-3-9-14(10-4-11)22(2)27(24,25)17-21-20-16(26-17)19-15(23)12-5-7-13(18)8-6-12/h3-10H,1-2H3,(H,19,20,23). The lowest BCUT2D eigenvalue weighted by atomic mass is 10.2. The second kappa shape index (κ2) is 7.41. The smallest absolute Gasteiger partial charge is 0.293 e. The molecule has 0 saturated heterocycles. The van der Waals surface area contributed by atoms with Gasteiger partial charge < -0.3 is 0 Å². The van der Waals surface area contributed by atoms with Gasteiger partial charge in [-0.1, -0.05) is 29.0 Å². The predicted octanol–water partition coefficient (Wildman–Crippen LogP) is 3.06. The summed E-state index contributed by atoms with van der Waals surface area (Å²) in [5.74, 6) is -1.00. The van der Waals surface area contributed by atoms with Crippen molar-refractivity contribution in [2.75, 3.05) is 16.7 Å². The van der Waals surface area contributed by atoms with Crippen LogP contribution in [-0.2, 0) is 10.0 Å². The lowest BCUT2D eigenvalue weighted by Gasteiger charge is -2.17. The first kappa shape index (κ1) is 18.9. The van der Waals surface area contributed by atoms with Crippen LogP contribution in [0.1, 0.15) is 15.9 Å². The van der Waals surface area contributed by atoms with Gasteiger partial charge >= 0.3 is 0 Å². The molecule has 0 aliphatic rings. The molecular formula is C17H15FN4O3S2. The van der Waals surface area contributed by atoms with Crippen molar-refractivity contribution in [1.29, 1.82) is 0 Å². The van der Waals surface area contributed by atoms with Crippen LogP contribution >= 0.6 is 11.3 Å². The molecule has 7 nitrogen and oxygen atoms in total. The third kappa shape index (κ3) is 4.12. The second-order valence-corrected chi connectivity index (χ2v) is 8.76. The van der Waals surface area contributed by atoms with E-state index in [1.165, 1.54) is 19.2 Å². The molecule has 1 heterocycles. The molecule has 1 aromatic heterocycles. The Kier molecular flexibility index (Phi) is 5.19. The monoisotopic (exact) mass is 406 g/mol. The van der Waals surface area contributed by atoms with Gasteiger partial charge in [-0.2, -0.15) is 8.42 Å². The van der Waals surface area contributed by atoms with Crippen molar-refractivity contribution < 1.29 is 17.6 Å². The van der Waals surface area contributed by atoms with Crippen LogP contribution in [0.5, 0.6) is 0 Å². The Bertz CT molecular complexity index is 1060. The molecule has 0 bridgehead atoms. The van der Waals surface area contributed by atoms with Gasteiger partial charge in [-0.25, -0.2) is 4.39 Å². The number of nitrogens with one attached hydrogen (secondary N) is 1. The molecule has 0 unspecified atom stereocenters. The first-order chi connectivity index (χ1) is 12.8. The zero-order valence-corrected chi connectivity index (χ0v) is 16.0. The predicted molar refractivity (Wildman–Crippen MR) is 101 cm³/mol. The van der Waals surface area contributed by atoms with Gasteiger partial charge in [-0.15, -0.1) is 10.2 Å². The van der Waals surface area contributed by atoms with E-state index in [0.717, 1.165) is 33.3 Å². The van der Waals surface area contributed by atoms with Crippen molar-refractivity contribution in [2.24, 2.45) is 0 Å². The van der Waals surface area contributed by atoms with Crippen molar-refractivity contribution >= 4 is 38.1 Å². The lowest BCUT2D eigenvalue weighted by molar-refractivity contribution is 0.102. The summed E-state index contributed by atoms with van der Waals surface area (Å²) in [5.41, 5.74) is 1.70. The number of carbonyl (C=O) groups is 1. The van der Waals surface area contributed by atoms with E-state index in [9.17, 15) is 17.6 Å². The molecule has 1 N–H and O–H groups in total. The number of sulfonamides is 1. The van der Waals surface area contributed by atoms with Gasteiger partial charge in [0.1, 0.15) is 5.82 Å². The number of rotatable bonds is 5. The summed E-state index contributed by atoms with van der Waals surface area (Å²) >= 11 is 0.734. The highest BCUT2D eigenvalue weighted by Crippen LogP contribution is 2.26. The quantitative estimate of drug-likeness (QED) is 0.658. The molecule has 10 heteroatoms. The van der Waals surface area contributed by atoms with Gasteiger partial charge in [-0.05, 0) is 43.3 Å². The highest BCUT2D eigenvalue weighted by molar-refractivity contribution is 7.94. The average molecular weight is 406 g/mol. The van der Waals surface area contributed by atoms with Crippen LogP contribution in [0.15, 0.2) is 52.9 Å². The highest BCUT2D eigenvalue weighted by atomic mass is 32.2. The highest BCUT2D eigenvalue weighted by Gasteiger charge is 2.26. The molecule has 0 saturated carbocycles. The first-order valence-electron chi connectivity index (χ1n) is 7.73. The number of nitrogens with zero attached hydrogens (tertiary/aromatic N) is 3. The topological polar surface area (TPSA) is 92.3 Å². The van der Waals surface area contributed by atoms with E-state index < -0.39 is 21.7 Å². The molecule has 0 aliphatic heterocycles. The number of anilines is 2. The fourth-order valence-corrected chi connectivity index (χ4v) is 4.39. The number of amides is 1. The van der Waals surface area contributed by atoms with Crippen LogP contribution in [0.25, 0.3) is 0 Å². The number of halogens is 1. The van der Waals surface area contributed by atoms with E-state index in [1.807, 2.05) is 6.92 Å². The maximum absolute atomic E-state index is 12.9. The Labute approximate surface area is 159 Å². The van der Waals surface area contributed by atoms with Crippen molar-refractivity contribution in [3.63, 3.8) is 0 Å². The summed E-state index contributed by atoms with van der Waals surface area (Å²) < 4.78 is 39.2. The van der Waals surface area contributed by atoms with Gasteiger partial charge in [-0.3, -0.25) is 14.4 Å². The molecule has 0 atom stereocenters. The van der Waals surface area contributed by atoms with Crippen LogP contribution in [0.4, 0.5) is 15.2 Å². The average Bonchev–Trinajstić information content (AvgIpc) is 3.11. The van der Waals surface area contributed by atoms with Crippen molar-refractivity contribution in [2.45, 2.75) is 11.3 Å². The Morgan fingerprint density at radius 2 is 1.70 bits per heavy atom. The van der Waals surface area contributed by atoms with Crippen molar-refractivity contribution in [1.82, 2.24) is 10.2 Å². The minimum Gasteiger partial charge on any atom is -0.296 e. The summed E-state index contributed by atoms with van der Waals surface area (Å²) in [7, 11) is -2.50.